The number of hydrogen-bond acceptors (Lipinski definition) is 4. The number of carbonyl (C=O) groups is 1. The summed E-state index contributed by atoms with van der Waals surface area (Å²) in [6, 6.07) is 4.19. The van der Waals surface area contributed by atoms with E-state index in [-0.39, 0.29) is 12.4 Å². The molecule has 0 amide bonds. The molecular formula is C13H18N2O2. The molecule has 4 nitrogen and oxygen atoms in total. The number of carbonyl (C=O) groups excluding carboxylic acids is 1. The molecule has 0 radical (unpaired) electrons. The summed E-state index contributed by atoms with van der Waals surface area (Å²) in [4.78, 5) is 17.5. The van der Waals surface area contributed by atoms with Crippen molar-refractivity contribution in [3.05, 3.63) is 24.0 Å². The van der Waals surface area contributed by atoms with Gasteiger partial charge in [0.05, 0.1) is 18.5 Å². The molecule has 1 aromatic heterocycles. The highest BCUT2D eigenvalue weighted by atomic mass is 16.3. The molecular weight excluding hydrogens is 216 g/mol. The van der Waals surface area contributed by atoms with Crippen LogP contribution in [0.5, 0.6) is 0 Å². The number of aliphatic hydroxyl groups excluding tert-OH is 1. The van der Waals surface area contributed by atoms with Crippen LogP contribution in [0, 0.1) is 0 Å². The predicted molar refractivity (Wildman–Crippen MR) is 66.3 cm³/mol. The van der Waals surface area contributed by atoms with E-state index in [9.17, 15) is 4.79 Å². The molecule has 1 saturated carbocycles. The summed E-state index contributed by atoms with van der Waals surface area (Å²) in [5, 5.41) is 9.09. The minimum absolute atomic E-state index is 0.0195. The fourth-order valence-corrected chi connectivity index (χ4v) is 2.09. The van der Waals surface area contributed by atoms with Crippen molar-refractivity contribution < 1.29 is 9.90 Å². The molecule has 1 aliphatic carbocycles. The maximum absolute atomic E-state index is 11.1. The SMILES string of the molecule is CC(=O)c1ccc(N(CCO)C2CCC2)cn1. The monoisotopic (exact) mass is 234 g/mol. The molecule has 1 heterocycles. The molecule has 0 atom stereocenters. The fourth-order valence-electron chi connectivity index (χ4n) is 2.09. The molecule has 0 unspecified atom stereocenters. The van der Waals surface area contributed by atoms with E-state index in [1.165, 1.54) is 26.2 Å². The first-order valence-electron chi connectivity index (χ1n) is 6.07. The Morgan fingerprint density at radius 1 is 1.53 bits per heavy atom. The summed E-state index contributed by atoms with van der Waals surface area (Å²) in [6.45, 7) is 2.29. The Balaban J connectivity index is 2.14. The average molecular weight is 234 g/mol. The number of nitrogens with zero attached hydrogens (tertiary/aromatic N) is 2. The molecule has 1 fully saturated rings. The summed E-state index contributed by atoms with van der Waals surface area (Å²) < 4.78 is 0. The molecule has 17 heavy (non-hydrogen) atoms. The van der Waals surface area contributed by atoms with Gasteiger partial charge in [0.25, 0.3) is 0 Å². The molecule has 0 bridgehead atoms. The first kappa shape index (κ1) is 12.0. The van der Waals surface area contributed by atoms with Gasteiger partial charge in [0.1, 0.15) is 5.69 Å². The molecule has 2 rings (SSSR count). The molecule has 0 aromatic carbocycles. The molecule has 1 aliphatic rings. The summed E-state index contributed by atoms with van der Waals surface area (Å²) >= 11 is 0. The minimum atomic E-state index is -0.0195. The first-order chi connectivity index (χ1) is 8.22. The second-order valence-corrected chi connectivity index (χ2v) is 4.46. The van der Waals surface area contributed by atoms with E-state index in [2.05, 4.69) is 9.88 Å². The van der Waals surface area contributed by atoms with Crippen LogP contribution in [0.4, 0.5) is 5.69 Å². The fraction of sp³-hybridized carbons (Fsp3) is 0.538. The zero-order valence-electron chi connectivity index (χ0n) is 10.1. The maximum Gasteiger partial charge on any atom is 0.178 e. The highest BCUT2D eigenvalue weighted by Crippen LogP contribution is 2.28. The lowest BCUT2D eigenvalue weighted by atomic mass is 9.91. The van der Waals surface area contributed by atoms with Crippen LogP contribution in [0.2, 0.25) is 0 Å². The largest absolute Gasteiger partial charge is 0.395 e. The maximum atomic E-state index is 11.1. The van der Waals surface area contributed by atoms with E-state index >= 15 is 0 Å². The van der Waals surface area contributed by atoms with Crippen molar-refractivity contribution in [2.75, 3.05) is 18.1 Å². The van der Waals surface area contributed by atoms with Crippen molar-refractivity contribution in [1.29, 1.82) is 0 Å². The number of aliphatic hydroxyl groups is 1. The predicted octanol–water partition coefficient (Wildman–Crippen LogP) is 1.64. The van der Waals surface area contributed by atoms with Gasteiger partial charge in [-0.15, -0.1) is 0 Å². The van der Waals surface area contributed by atoms with E-state index in [0.717, 1.165) is 5.69 Å². The van der Waals surface area contributed by atoms with Crippen molar-refractivity contribution in [1.82, 2.24) is 4.98 Å². The third-order valence-electron chi connectivity index (χ3n) is 3.30. The number of Topliss-reactive ketones (excluding diaryl/α,β-unsaturated/α-hetero) is 1. The van der Waals surface area contributed by atoms with Crippen molar-refractivity contribution in [3.8, 4) is 0 Å². The molecule has 0 spiro atoms. The number of anilines is 1. The summed E-state index contributed by atoms with van der Waals surface area (Å²) in [5.41, 5.74) is 1.49. The molecule has 0 saturated heterocycles. The van der Waals surface area contributed by atoms with Crippen LogP contribution < -0.4 is 4.90 Å². The van der Waals surface area contributed by atoms with Gasteiger partial charge < -0.3 is 10.0 Å². The molecule has 4 heteroatoms. The van der Waals surface area contributed by atoms with Gasteiger partial charge in [-0.1, -0.05) is 0 Å². The van der Waals surface area contributed by atoms with Gasteiger partial charge in [0.15, 0.2) is 5.78 Å². The van der Waals surface area contributed by atoms with Crippen LogP contribution in [0.3, 0.4) is 0 Å². The summed E-state index contributed by atoms with van der Waals surface area (Å²) in [5.74, 6) is -0.0195. The number of pyridine rings is 1. The average Bonchev–Trinajstić information content (AvgIpc) is 2.26. The van der Waals surface area contributed by atoms with Gasteiger partial charge in [-0.25, -0.2) is 0 Å². The lowest BCUT2D eigenvalue weighted by molar-refractivity contribution is 0.101. The Labute approximate surface area is 101 Å². The van der Waals surface area contributed by atoms with Crippen LogP contribution in [-0.2, 0) is 0 Å². The van der Waals surface area contributed by atoms with E-state index in [0.29, 0.717) is 18.3 Å². The first-order valence-corrected chi connectivity index (χ1v) is 6.07. The highest BCUT2D eigenvalue weighted by molar-refractivity contribution is 5.92. The highest BCUT2D eigenvalue weighted by Gasteiger charge is 2.24. The lowest BCUT2D eigenvalue weighted by Crippen LogP contribution is -2.42. The second-order valence-electron chi connectivity index (χ2n) is 4.46. The molecule has 1 N–H and O–H groups in total. The van der Waals surface area contributed by atoms with Gasteiger partial charge >= 0.3 is 0 Å². The Bertz CT molecular complexity index is 385. The van der Waals surface area contributed by atoms with Crippen molar-refractivity contribution in [2.24, 2.45) is 0 Å². The Morgan fingerprint density at radius 2 is 2.29 bits per heavy atom. The lowest BCUT2D eigenvalue weighted by Gasteiger charge is -2.38. The van der Waals surface area contributed by atoms with Gasteiger partial charge in [-0.2, -0.15) is 0 Å². The quantitative estimate of drug-likeness (QED) is 0.787. The van der Waals surface area contributed by atoms with Crippen molar-refractivity contribution in [3.63, 3.8) is 0 Å². The van der Waals surface area contributed by atoms with Gasteiger partial charge in [-0.3, -0.25) is 9.78 Å². The van der Waals surface area contributed by atoms with Gasteiger partial charge in [0, 0.05) is 19.5 Å². The molecule has 92 valence electrons. The Kier molecular flexibility index (Phi) is 3.74. The normalized spacial score (nSPS) is 15.4. The standard InChI is InChI=1S/C13H18N2O2/c1-10(17)13-6-5-12(9-14-13)15(7-8-16)11-3-2-4-11/h5-6,9,11,16H,2-4,7-8H2,1H3. The second kappa shape index (κ2) is 5.27. The van der Waals surface area contributed by atoms with E-state index in [1.54, 1.807) is 12.3 Å². The number of hydrogen-bond donors (Lipinski definition) is 1. The van der Waals surface area contributed by atoms with Crippen molar-refractivity contribution in [2.45, 2.75) is 32.2 Å². The van der Waals surface area contributed by atoms with Crippen LogP contribution >= 0.6 is 0 Å². The van der Waals surface area contributed by atoms with E-state index < -0.39 is 0 Å². The Morgan fingerprint density at radius 3 is 2.71 bits per heavy atom. The van der Waals surface area contributed by atoms with Gasteiger partial charge in [-0.05, 0) is 31.4 Å². The van der Waals surface area contributed by atoms with E-state index in [1.807, 2.05) is 6.07 Å². The smallest absolute Gasteiger partial charge is 0.178 e. The summed E-state index contributed by atoms with van der Waals surface area (Å²) in [6.07, 6.45) is 5.33. The zero-order valence-corrected chi connectivity index (χ0v) is 10.1. The Hall–Kier alpha value is -1.42. The summed E-state index contributed by atoms with van der Waals surface area (Å²) in [7, 11) is 0. The third-order valence-corrected chi connectivity index (χ3v) is 3.30. The van der Waals surface area contributed by atoms with Crippen molar-refractivity contribution >= 4 is 11.5 Å². The molecule has 0 aliphatic heterocycles. The number of ketones is 1. The van der Waals surface area contributed by atoms with Crippen LogP contribution in [0.1, 0.15) is 36.7 Å². The van der Waals surface area contributed by atoms with Crippen LogP contribution in [0.25, 0.3) is 0 Å². The van der Waals surface area contributed by atoms with Crippen LogP contribution in [0.15, 0.2) is 18.3 Å². The third kappa shape index (κ3) is 2.64. The number of rotatable bonds is 5. The minimum Gasteiger partial charge on any atom is -0.395 e. The number of aromatic nitrogens is 1. The van der Waals surface area contributed by atoms with E-state index in [4.69, 9.17) is 5.11 Å². The molecule has 1 aromatic rings. The topological polar surface area (TPSA) is 53.4 Å². The van der Waals surface area contributed by atoms with Gasteiger partial charge in [0.2, 0.25) is 0 Å². The zero-order chi connectivity index (χ0) is 12.3. The van der Waals surface area contributed by atoms with Crippen LogP contribution in [-0.4, -0.2) is 35.1 Å².